The van der Waals surface area contributed by atoms with E-state index in [0.29, 0.717) is 36.9 Å². The second-order valence-corrected chi connectivity index (χ2v) is 17.0. The lowest BCUT2D eigenvalue weighted by atomic mass is 9.96. The Morgan fingerprint density at radius 2 is 1.45 bits per heavy atom. The molecular formula is C44H53FN8O7. The molecule has 0 radical (unpaired) electrons. The maximum Gasteiger partial charge on any atom is 0.407 e. The number of fused-ring (bicyclic) bond motifs is 1. The summed E-state index contributed by atoms with van der Waals surface area (Å²) >= 11 is 0. The third kappa shape index (κ3) is 8.81. The second-order valence-electron chi connectivity index (χ2n) is 17.0. The number of hydrogen-bond donors (Lipinski definition) is 4. The molecule has 5 heterocycles. The number of halogens is 1. The van der Waals surface area contributed by atoms with Crippen molar-refractivity contribution in [3.05, 3.63) is 71.4 Å². The molecule has 2 aromatic heterocycles. The van der Waals surface area contributed by atoms with Crippen molar-refractivity contribution >= 4 is 35.0 Å². The molecule has 7 rings (SSSR count). The normalized spacial score (nSPS) is 23.5. The smallest absolute Gasteiger partial charge is 0.407 e. The van der Waals surface area contributed by atoms with Crippen LogP contribution in [0, 0.1) is 23.7 Å². The first-order chi connectivity index (χ1) is 28.6. The number of methoxy groups -OCH3 is 2. The lowest BCUT2D eigenvalue weighted by molar-refractivity contribution is -0.136. The topological polar surface area (TPSA) is 184 Å². The molecule has 6 atom stereocenters. The molecule has 318 valence electrons. The van der Waals surface area contributed by atoms with Gasteiger partial charge in [0.2, 0.25) is 11.8 Å². The van der Waals surface area contributed by atoms with E-state index in [9.17, 15) is 19.2 Å². The van der Waals surface area contributed by atoms with Crippen LogP contribution in [0.4, 0.5) is 14.0 Å². The highest BCUT2D eigenvalue weighted by molar-refractivity contribution is 5.87. The number of hydrogen-bond acceptors (Lipinski definition) is 9. The van der Waals surface area contributed by atoms with E-state index in [1.54, 1.807) is 24.9 Å². The lowest BCUT2D eigenvalue weighted by Crippen LogP contribution is -2.51. The number of alkyl halides is 1. The number of likely N-dealkylation sites (tertiary alicyclic amines) is 2. The molecule has 16 heteroatoms. The van der Waals surface area contributed by atoms with Gasteiger partial charge in [0.15, 0.2) is 0 Å². The Labute approximate surface area is 348 Å². The third-order valence-corrected chi connectivity index (χ3v) is 11.7. The summed E-state index contributed by atoms with van der Waals surface area (Å²) in [5, 5.41) is 5.31. The number of nitrogens with one attached hydrogen (secondary N) is 4. The van der Waals surface area contributed by atoms with E-state index in [0.717, 1.165) is 40.6 Å². The molecule has 0 unspecified atom stereocenters. The Bertz CT molecular complexity index is 2300. The molecule has 3 aliphatic rings. The standard InChI is InChI=1S/C44H53FN8O7/c1-25(2)35(50-41(56)58-6)39(54)52-23-43(5,45)20-33(52)37-46-22-32(49-37)29-14-11-27(12-15-29)9-10-28-13-16-30-31(19-28)48-38(47-30)34-21-44(17-8-18-60-44)24-53(34)40(55)36(26(3)4)51-42(57)59-7/h11-16,19,22,25-26,33-36H,8,17-18,20-21,23-24H2,1-7H3,(H,46,49)(H,47,48)(H,50,56)(H,51,57)/t33-,34-,35-,36-,43-,44-/m0/s1. The van der Waals surface area contributed by atoms with Crippen LogP contribution in [-0.4, -0.2) is 111 Å². The van der Waals surface area contributed by atoms with E-state index in [4.69, 9.17) is 19.2 Å². The summed E-state index contributed by atoms with van der Waals surface area (Å²) in [7, 11) is 2.50. The molecule has 0 aliphatic carbocycles. The monoisotopic (exact) mass is 824 g/mol. The number of H-pyrrole nitrogens is 2. The minimum absolute atomic E-state index is 0.0538. The van der Waals surface area contributed by atoms with Gasteiger partial charge in [0.25, 0.3) is 0 Å². The van der Waals surface area contributed by atoms with Crippen LogP contribution in [0.15, 0.2) is 48.7 Å². The molecule has 0 saturated carbocycles. The summed E-state index contributed by atoms with van der Waals surface area (Å²) in [5.74, 6) is 6.54. The van der Waals surface area contributed by atoms with Gasteiger partial charge in [0.05, 0.1) is 67.9 Å². The number of aromatic amines is 2. The van der Waals surface area contributed by atoms with E-state index >= 15 is 4.39 Å². The number of imidazole rings is 2. The van der Waals surface area contributed by atoms with Crippen molar-refractivity contribution in [2.24, 2.45) is 11.8 Å². The number of carbonyl (C=O) groups excluding carboxylic acids is 4. The molecule has 3 saturated heterocycles. The van der Waals surface area contributed by atoms with E-state index in [2.05, 4.69) is 37.4 Å². The summed E-state index contributed by atoms with van der Waals surface area (Å²) in [6, 6.07) is 10.7. The molecule has 3 fully saturated rings. The molecule has 0 bridgehead atoms. The average Bonchev–Trinajstić information content (AvgIpc) is 4.08. The quantitative estimate of drug-likeness (QED) is 0.149. The molecular weight excluding hydrogens is 772 g/mol. The van der Waals surface area contributed by atoms with Crippen LogP contribution in [-0.2, 0) is 23.8 Å². The minimum Gasteiger partial charge on any atom is -0.453 e. The van der Waals surface area contributed by atoms with Crippen molar-refractivity contribution in [3.8, 4) is 23.1 Å². The van der Waals surface area contributed by atoms with Gasteiger partial charge >= 0.3 is 12.2 Å². The fourth-order valence-corrected chi connectivity index (χ4v) is 8.53. The fourth-order valence-electron chi connectivity index (χ4n) is 8.53. The minimum atomic E-state index is -1.64. The first-order valence-corrected chi connectivity index (χ1v) is 20.4. The van der Waals surface area contributed by atoms with Crippen LogP contribution in [0.3, 0.4) is 0 Å². The number of aromatic nitrogens is 4. The molecule has 15 nitrogen and oxygen atoms in total. The van der Waals surface area contributed by atoms with Crippen LogP contribution < -0.4 is 10.6 Å². The molecule has 4 amide bonds. The number of amides is 4. The molecule has 1 spiro atoms. The van der Waals surface area contributed by atoms with Crippen molar-refractivity contribution in [2.45, 2.75) is 95.7 Å². The zero-order valence-electron chi connectivity index (χ0n) is 35.1. The van der Waals surface area contributed by atoms with E-state index in [1.165, 1.54) is 26.0 Å². The number of nitrogens with zero attached hydrogens (tertiary/aromatic N) is 4. The van der Waals surface area contributed by atoms with Gasteiger partial charge in [-0.25, -0.2) is 23.9 Å². The highest BCUT2D eigenvalue weighted by Crippen LogP contribution is 2.45. The summed E-state index contributed by atoms with van der Waals surface area (Å²) in [4.78, 5) is 71.3. The maximum atomic E-state index is 15.4. The number of carbonyl (C=O) groups is 4. The Hall–Kier alpha value is -5.95. The average molecular weight is 825 g/mol. The molecule has 3 aliphatic heterocycles. The number of alkyl carbamates (subject to hydrolysis) is 2. The Morgan fingerprint density at radius 1 is 0.850 bits per heavy atom. The first-order valence-electron chi connectivity index (χ1n) is 20.4. The van der Waals surface area contributed by atoms with Crippen LogP contribution in [0.2, 0.25) is 0 Å². The fraction of sp³-hybridized carbons (Fsp3) is 0.500. The molecule has 4 aromatic rings. The molecule has 4 N–H and O–H groups in total. The van der Waals surface area contributed by atoms with Gasteiger partial charge < -0.3 is 44.6 Å². The van der Waals surface area contributed by atoms with Gasteiger partial charge in [0, 0.05) is 30.6 Å². The Balaban J connectivity index is 1.06. The summed E-state index contributed by atoms with van der Waals surface area (Å²) in [6.07, 6.45) is 2.68. The molecule has 60 heavy (non-hydrogen) atoms. The van der Waals surface area contributed by atoms with Gasteiger partial charge in [-0.2, -0.15) is 0 Å². The zero-order chi connectivity index (χ0) is 42.9. The number of ether oxygens (including phenoxy) is 3. The zero-order valence-corrected chi connectivity index (χ0v) is 35.1. The second kappa shape index (κ2) is 17.0. The summed E-state index contributed by atoms with van der Waals surface area (Å²) in [5.41, 5.74) is 2.51. The van der Waals surface area contributed by atoms with Crippen LogP contribution in [0.25, 0.3) is 22.3 Å². The third-order valence-electron chi connectivity index (χ3n) is 11.7. The van der Waals surface area contributed by atoms with Gasteiger partial charge in [-0.05, 0) is 67.5 Å². The van der Waals surface area contributed by atoms with Gasteiger partial charge in [-0.3, -0.25) is 9.59 Å². The lowest BCUT2D eigenvalue weighted by Gasteiger charge is -2.30. The predicted molar refractivity (Wildman–Crippen MR) is 220 cm³/mol. The van der Waals surface area contributed by atoms with Crippen molar-refractivity contribution < 1.29 is 37.8 Å². The van der Waals surface area contributed by atoms with Crippen LogP contribution >= 0.6 is 0 Å². The molecule has 2 aromatic carbocycles. The Morgan fingerprint density at radius 3 is 2.05 bits per heavy atom. The SMILES string of the molecule is COC(=O)N[C@H](C(=O)N1C[C@@](C)(F)C[C@H]1c1ncc(-c2ccc(C#Cc3ccc4nc([C@@H]5C[C@@]6(CCCO6)CN5C(=O)[C@@H](NC(=O)OC)C(C)C)[nH]c4c3)cc2)[nH]1)C(C)C. The van der Waals surface area contributed by atoms with E-state index < -0.39 is 47.5 Å². The highest BCUT2D eigenvalue weighted by atomic mass is 19.1. The van der Waals surface area contributed by atoms with Crippen LogP contribution in [0.1, 0.15) is 95.2 Å². The van der Waals surface area contributed by atoms with Gasteiger partial charge in [-0.1, -0.05) is 51.7 Å². The largest absolute Gasteiger partial charge is 0.453 e. The van der Waals surface area contributed by atoms with Crippen molar-refractivity contribution in [3.63, 3.8) is 0 Å². The summed E-state index contributed by atoms with van der Waals surface area (Å²) < 4.78 is 31.2. The van der Waals surface area contributed by atoms with E-state index in [-0.39, 0.29) is 36.8 Å². The first kappa shape index (κ1) is 42.2. The van der Waals surface area contributed by atoms with Gasteiger partial charge in [-0.15, -0.1) is 0 Å². The van der Waals surface area contributed by atoms with E-state index in [1.807, 2.05) is 56.3 Å². The highest BCUT2D eigenvalue weighted by Gasteiger charge is 2.51. The van der Waals surface area contributed by atoms with Crippen molar-refractivity contribution in [2.75, 3.05) is 33.9 Å². The number of rotatable bonds is 9. The summed E-state index contributed by atoms with van der Waals surface area (Å²) in [6.45, 7) is 9.76. The van der Waals surface area contributed by atoms with Crippen molar-refractivity contribution in [1.29, 1.82) is 0 Å². The van der Waals surface area contributed by atoms with Gasteiger partial charge in [0.1, 0.15) is 29.4 Å². The Kier molecular flexibility index (Phi) is 11.9. The maximum absolute atomic E-state index is 15.4. The van der Waals surface area contributed by atoms with Crippen molar-refractivity contribution in [1.82, 2.24) is 40.4 Å². The van der Waals surface area contributed by atoms with Crippen LogP contribution in [0.5, 0.6) is 0 Å². The predicted octanol–water partition coefficient (Wildman–Crippen LogP) is 5.94. The number of benzene rings is 2.